The van der Waals surface area contributed by atoms with Gasteiger partial charge in [-0.25, -0.2) is 0 Å². The zero-order valence-corrected chi connectivity index (χ0v) is 11.5. The number of anilines is 1. The third-order valence-corrected chi connectivity index (χ3v) is 3.95. The molecule has 1 atom stereocenters. The Labute approximate surface area is 114 Å². The highest BCUT2D eigenvalue weighted by Gasteiger charge is 2.23. The molecule has 3 rings (SSSR count). The molecule has 1 unspecified atom stereocenters. The van der Waals surface area contributed by atoms with Crippen molar-refractivity contribution in [2.45, 2.75) is 19.1 Å². The first-order valence-electron chi connectivity index (χ1n) is 7.05. The number of rotatable bonds is 3. The topological polar surface area (TPSA) is 33.7 Å². The summed E-state index contributed by atoms with van der Waals surface area (Å²) in [6, 6.07) is 6.65. The lowest BCUT2D eigenvalue weighted by Crippen LogP contribution is -2.45. The highest BCUT2D eigenvalue weighted by Crippen LogP contribution is 2.28. The largest absolute Gasteiger partial charge is 0.382 e. The molecule has 0 spiro atoms. The molecule has 0 amide bonds. The van der Waals surface area contributed by atoms with Crippen molar-refractivity contribution in [3.63, 3.8) is 0 Å². The average Bonchev–Trinajstić information content (AvgIpc) is 2.47. The minimum absolute atomic E-state index is 0.191. The van der Waals surface area contributed by atoms with Crippen molar-refractivity contribution < 1.29 is 9.47 Å². The molecule has 4 nitrogen and oxygen atoms in total. The Morgan fingerprint density at radius 1 is 1.47 bits per heavy atom. The maximum absolute atomic E-state index is 5.74. The third-order valence-electron chi connectivity index (χ3n) is 3.95. The Hall–Kier alpha value is -1.10. The number of nitrogens with zero attached hydrogens (tertiary/aromatic N) is 1. The van der Waals surface area contributed by atoms with Crippen LogP contribution in [0.2, 0.25) is 0 Å². The summed E-state index contributed by atoms with van der Waals surface area (Å²) in [5.74, 6) is 0. The van der Waals surface area contributed by atoms with Gasteiger partial charge in [0.2, 0.25) is 0 Å². The Kier molecular flexibility index (Phi) is 4.01. The summed E-state index contributed by atoms with van der Waals surface area (Å²) in [4.78, 5) is 2.46. The van der Waals surface area contributed by atoms with Crippen LogP contribution < -0.4 is 10.2 Å². The van der Waals surface area contributed by atoms with Crippen molar-refractivity contribution in [3.8, 4) is 0 Å². The molecule has 1 aromatic rings. The third kappa shape index (κ3) is 2.76. The minimum atomic E-state index is 0.191. The van der Waals surface area contributed by atoms with E-state index in [1.54, 1.807) is 7.11 Å². The predicted molar refractivity (Wildman–Crippen MR) is 75.7 cm³/mol. The van der Waals surface area contributed by atoms with Gasteiger partial charge in [-0.2, -0.15) is 0 Å². The molecule has 1 saturated heterocycles. The smallest absolute Gasteiger partial charge is 0.0983 e. The van der Waals surface area contributed by atoms with Crippen LogP contribution in [0.4, 0.5) is 5.69 Å². The van der Waals surface area contributed by atoms with Crippen molar-refractivity contribution in [2.75, 3.05) is 44.9 Å². The van der Waals surface area contributed by atoms with E-state index in [-0.39, 0.29) is 6.10 Å². The van der Waals surface area contributed by atoms with Crippen molar-refractivity contribution >= 4 is 5.69 Å². The molecule has 2 aliphatic heterocycles. The van der Waals surface area contributed by atoms with Gasteiger partial charge in [-0.3, -0.25) is 0 Å². The molecule has 19 heavy (non-hydrogen) atoms. The highest BCUT2D eigenvalue weighted by molar-refractivity contribution is 5.58. The first-order chi connectivity index (χ1) is 9.38. The first kappa shape index (κ1) is 12.9. The summed E-state index contributed by atoms with van der Waals surface area (Å²) < 4.78 is 11.0. The molecule has 1 N–H and O–H groups in total. The SMILES string of the molecule is COCC1CN(c2cccc3c2CCNC3)CCO1. The van der Waals surface area contributed by atoms with Crippen LogP contribution in [-0.2, 0) is 22.4 Å². The van der Waals surface area contributed by atoms with Crippen LogP contribution in [0.15, 0.2) is 18.2 Å². The van der Waals surface area contributed by atoms with E-state index in [1.807, 2.05) is 0 Å². The second kappa shape index (κ2) is 5.90. The zero-order valence-electron chi connectivity index (χ0n) is 11.5. The van der Waals surface area contributed by atoms with Gasteiger partial charge in [0.1, 0.15) is 0 Å². The van der Waals surface area contributed by atoms with E-state index in [0.29, 0.717) is 6.61 Å². The number of nitrogens with one attached hydrogen (secondary N) is 1. The lowest BCUT2D eigenvalue weighted by molar-refractivity contribution is -0.0101. The molecule has 2 heterocycles. The molecule has 0 bridgehead atoms. The number of ether oxygens (including phenoxy) is 2. The Bertz CT molecular complexity index is 434. The Morgan fingerprint density at radius 2 is 2.42 bits per heavy atom. The molecule has 0 radical (unpaired) electrons. The van der Waals surface area contributed by atoms with Gasteiger partial charge in [0.25, 0.3) is 0 Å². The summed E-state index contributed by atoms with van der Waals surface area (Å²) in [5.41, 5.74) is 4.35. The maximum Gasteiger partial charge on any atom is 0.0983 e. The van der Waals surface area contributed by atoms with E-state index >= 15 is 0 Å². The van der Waals surface area contributed by atoms with E-state index < -0.39 is 0 Å². The Morgan fingerprint density at radius 3 is 3.32 bits per heavy atom. The maximum atomic E-state index is 5.74. The van der Waals surface area contributed by atoms with Gasteiger partial charge in [0.05, 0.1) is 19.3 Å². The molecular weight excluding hydrogens is 240 g/mol. The van der Waals surface area contributed by atoms with Crippen LogP contribution in [-0.4, -0.2) is 46.1 Å². The van der Waals surface area contributed by atoms with Crippen LogP contribution >= 0.6 is 0 Å². The second-order valence-corrected chi connectivity index (χ2v) is 5.24. The van der Waals surface area contributed by atoms with Crippen molar-refractivity contribution in [1.29, 1.82) is 0 Å². The fourth-order valence-corrected chi connectivity index (χ4v) is 3.03. The molecule has 0 aliphatic carbocycles. The molecule has 1 fully saturated rings. The van der Waals surface area contributed by atoms with Crippen LogP contribution in [0.1, 0.15) is 11.1 Å². The fraction of sp³-hybridized carbons (Fsp3) is 0.600. The van der Waals surface area contributed by atoms with Gasteiger partial charge < -0.3 is 19.7 Å². The van der Waals surface area contributed by atoms with Gasteiger partial charge >= 0.3 is 0 Å². The number of hydrogen-bond donors (Lipinski definition) is 1. The zero-order chi connectivity index (χ0) is 13.1. The first-order valence-corrected chi connectivity index (χ1v) is 7.05. The van der Waals surface area contributed by atoms with E-state index in [2.05, 4.69) is 28.4 Å². The molecular formula is C15H22N2O2. The van der Waals surface area contributed by atoms with Gasteiger partial charge in [0, 0.05) is 32.4 Å². The lowest BCUT2D eigenvalue weighted by Gasteiger charge is -2.36. The van der Waals surface area contributed by atoms with Crippen LogP contribution in [0, 0.1) is 0 Å². The fourth-order valence-electron chi connectivity index (χ4n) is 3.03. The van der Waals surface area contributed by atoms with E-state index in [4.69, 9.17) is 9.47 Å². The number of methoxy groups -OCH3 is 1. The monoisotopic (exact) mass is 262 g/mol. The second-order valence-electron chi connectivity index (χ2n) is 5.24. The molecule has 0 aromatic heterocycles. The average molecular weight is 262 g/mol. The quantitative estimate of drug-likeness (QED) is 0.887. The van der Waals surface area contributed by atoms with E-state index in [0.717, 1.165) is 39.2 Å². The van der Waals surface area contributed by atoms with Crippen molar-refractivity contribution in [3.05, 3.63) is 29.3 Å². The molecule has 4 heteroatoms. The van der Waals surface area contributed by atoms with Gasteiger partial charge in [-0.1, -0.05) is 12.1 Å². The van der Waals surface area contributed by atoms with Crippen LogP contribution in [0.3, 0.4) is 0 Å². The lowest BCUT2D eigenvalue weighted by atomic mass is 9.98. The van der Waals surface area contributed by atoms with E-state index in [9.17, 15) is 0 Å². The Balaban J connectivity index is 1.81. The van der Waals surface area contributed by atoms with E-state index in [1.165, 1.54) is 16.8 Å². The summed E-state index contributed by atoms with van der Waals surface area (Å²) >= 11 is 0. The van der Waals surface area contributed by atoms with Crippen molar-refractivity contribution in [1.82, 2.24) is 5.32 Å². The number of hydrogen-bond acceptors (Lipinski definition) is 4. The molecule has 104 valence electrons. The standard InChI is InChI=1S/C15H22N2O2/c1-18-11-13-10-17(7-8-19-13)15-4-2-3-12-9-16-6-5-14(12)15/h2-4,13,16H,5-11H2,1H3. The number of benzene rings is 1. The molecule has 2 aliphatic rings. The normalized spacial score (nSPS) is 23.2. The van der Waals surface area contributed by atoms with Gasteiger partial charge in [0.15, 0.2) is 0 Å². The molecule has 0 saturated carbocycles. The summed E-state index contributed by atoms with van der Waals surface area (Å²) in [5, 5.41) is 3.44. The minimum Gasteiger partial charge on any atom is -0.382 e. The molecule has 1 aromatic carbocycles. The van der Waals surface area contributed by atoms with Crippen molar-refractivity contribution in [2.24, 2.45) is 0 Å². The highest BCUT2D eigenvalue weighted by atomic mass is 16.5. The summed E-state index contributed by atoms with van der Waals surface area (Å²) in [6.45, 7) is 5.44. The van der Waals surface area contributed by atoms with Crippen LogP contribution in [0.25, 0.3) is 0 Å². The number of fused-ring (bicyclic) bond motifs is 1. The summed E-state index contributed by atoms with van der Waals surface area (Å²) in [6.07, 6.45) is 1.31. The summed E-state index contributed by atoms with van der Waals surface area (Å²) in [7, 11) is 1.73. The van der Waals surface area contributed by atoms with Gasteiger partial charge in [-0.15, -0.1) is 0 Å². The predicted octanol–water partition coefficient (Wildman–Crippen LogP) is 1.18. The number of morpholine rings is 1. The van der Waals surface area contributed by atoms with Crippen LogP contribution in [0.5, 0.6) is 0 Å². The van der Waals surface area contributed by atoms with Gasteiger partial charge in [-0.05, 0) is 30.2 Å².